The van der Waals surface area contributed by atoms with Crippen molar-refractivity contribution in [3.63, 3.8) is 0 Å². The van der Waals surface area contributed by atoms with Crippen LogP contribution in [0.25, 0.3) is 11.3 Å². The molecule has 2 rings (SSSR count). The molecule has 1 aromatic heterocycles. The van der Waals surface area contributed by atoms with Crippen LogP contribution in [0.15, 0.2) is 24.5 Å². The number of hydrogen-bond acceptors (Lipinski definition) is 5. The van der Waals surface area contributed by atoms with Crippen molar-refractivity contribution in [3.8, 4) is 17.0 Å². The van der Waals surface area contributed by atoms with Crippen LogP contribution in [0.2, 0.25) is 5.02 Å². The van der Waals surface area contributed by atoms with E-state index in [4.69, 9.17) is 16.3 Å². The first-order chi connectivity index (χ1) is 8.26. The Morgan fingerprint density at radius 3 is 2.88 bits per heavy atom. The van der Waals surface area contributed by atoms with E-state index in [-0.39, 0.29) is 0 Å². The summed E-state index contributed by atoms with van der Waals surface area (Å²) in [4.78, 5) is 4.10. The number of methoxy groups -OCH3 is 1. The number of benzene rings is 1. The van der Waals surface area contributed by atoms with Crippen molar-refractivity contribution < 1.29 is 4.74 Å². The molecule has 1 heterocycles. The van der Waals surface area contributed by atoms with Gasteiger partial charge in [0.1, 0.15) is 17.8 Å². The Labute approximate surface area is 104 Å². The molecule has 1 N–H and O–H groups in total. The molecule has 0 saturated heterocycles. The van der Waals surface area contributed by atoms with Crippen LogP contribution in [0.4, 0.5) is 5.82 Å². The molecule has 2 aromatic rings. The number of nitrogens with one attached hydrogen (secondary N) is 1. The summed E-state index contributed by atoms with van der Waals surface area (Å²) in [5, 5.41) is 11.4. The van der Waals surface area contributed by atoms with Crippen LogP contribution < -0.4 is 10.1 Å². The lowest BCUT2D eigenvalue weighted by Gasteiger charge is -2.10. The fraction of sp³-hybridized carbons (Fsp3) is 0.182. The number of hydrogen-bond donors (Lipinski definition) is 1. The Morgan fingerprint density at radius 1 is 1.35 bits per heavy atom. The molecular formula is C11H11ClN4O. The first-order valence-corrected chi connectivity index (χ1v) is 5.33. The SMILES string of the molecule is CNc1ncnnc1-c1cc(Cl)ccc1OC. The number of rotatable bonds is 3. The quantitative estimate of drug-likeness (QED) is 0.905. The average molecular weight is 251 g/mol. The van der Waals surface area contributed by atoms with Gasteiger partial charge in [-0.25, -0.2) is 4.98 Å². The summed E-state index contributed by atoms with van der Waals surface area (Å²) in [5.74, 6) is 1.30. The molecule has 0 unspecified atom stereocenters. The highest BCUT2D eigenvalue weighted by molar-refractivity contribution is 6.31. The Balaban J connectivity index is 2.62. The van der Waals surface area contributed by atoms with Crippen LogP contribution in [-0.4, -0.2) is 29.3 Å². The van der Waals surface area contributed by atoms with Crippen LogP contribution >= 0.6 is 11.6 Å². The zero-order chi connectivity index (χ0) is 12.3. The third-order valence-corrected chi connectivity index (χ3v) is 2.51. The third-order valence-electron chi connectivity index (χ3n) is 2.27. The van der Waals surface area contributed by atoms with Crippen molar-refractivity contribution in [2.75, 3.05) is 19.5 Å². The molecule has 88 valence electrons. The zero-order valence-electron chi connectivity index (χ0n) is 9.44. The highest BCUT2D eigenvalue weighted by Gasteiger charge is 2.13. The van der Waals surface area contributed by atoms with Gasteiger partial charge in [0.2, 0.25) is 0 Å². The molecule has 0 aliphatic heterocycles. The van der Waals surface area contributed by atoms with Crippen molar-refractivity contribution in [1.82, 2.24) is 15.2 Å². The van der Waals surface area contributed by atoms with Crippen LogP contribution in [0.3, 0.4) is 0 Å². The van der Waals surface area contributed by atoms with Crippen molar-refractivity contribution in [1.29, 1.82) is 0 Å². The monoisotopic (exact) mass is 250 g/mol. The van der Waals surface area contributed by atoms with E-state index >= 15 is 0 Å². The molecule has 0 saturated carbocycles. The van der Waals surface area contributed by atoms with E-state index in [0.29, 0.717) is 22.3 Å². The number of ether oxygens (including phenoxy) is 1. The molecule has 0 amide bonds. The number of halogens is 1. The highest BCUT2D eigenvalue weighted by Crippen LogP contribution is 2.33. The standard InChI is InChI=1S/C11H11ClN4O/c1-13-11-10(16-15-6-14-11)8-5-7(12)3-4-9(8)17-2/h3-6H,1-2H3,(H,13,14,15). The van der Waals surface area contributed by atoms with E-state index in [1.54, 1.807) is 32.4 Å². The van der Waals surface area contributed by atoms with Crippen molar-refractivity contribution >= 4 is 17.4 Å². The number of aromatic nitrogens is 3. The first-order valence-electron chi connectivity index (χ1n) is 4.95. The second-order valence-electron chi connectivity index (χ2n) is 3.25. The molecule has 0 aliphatic carbocycles. The number of nitrogens with zero attached hydrogens (tertiary/aromatic N) is 3. The average Bonchev–Trinajstić information content (AvgIpc) is 2.38. The van der Waals surface area contributed by atoms with Crippen LogP contribution in [0.1, 0.15) is 0 Å². The molecule has 0 spiro atoms. The predicted molar refractivity (Wildman–Crippen MR) is 66.4 cm³/mol. The maximum absolute atomic E-state index is 5.97. The number of anilines is 1. The van der Waals surface area contributed by atoms with E-state index in [2.05, 4.69) is 20.5 Å². The van der Waals surface area contributed by atoms with Crippen molar-refractivity contribution in [3.05, 3.63) is 29.5 Å². The van der Waals surface area contributed by atoms with Gasteiger partial charge in [0, 0.05) is 17.6 Å². The van der Waals surface area contributed by atoms with Gasteiger partial charge in [-0.2, -0.15) is 0 Å². The molecule has 0 bridgehead atoms. The molecule has 0 radical (unpaired) electrons. The lowest BCUT2D eigenvalue weighted by Crippen LogP contribution is -2.00. The molecular weight excluding hydrogens is 240 g/mol. The van der Waals surface area contributed by atoms with E-state index in [9.17, 15) is 0 Å². The van der Waals surface area contributed by atoms with Gasteiger partial charge in [-0.1, -0.05) is 11.6 Å². The molecule has 6 heteroatoms. The Kier molecular flexibility index (Phi) is 3.39. The smallest absolute Gasteiger partial charge is 0.156 e. The molecule has 1 aromatic carbocycles. The zero-order valence-corrected chi connectivity index (χ0v) is 10.2. The summed E-state index contributed by atoms with van der Waals surface area (Å²) >= 11 is 5.97. The maximum Gasteiger partial charge on any atom is 0.156 e. The molecule has 17 heavy (non-hydrogen) atoms. The van der Waals surface area contributed by atoms with Crippen LogP contribution in [-0.2, 0) is 0 Å². The molecule has 0 fully saturated rings. The molecule has 0 atom stereocenters. The molecule has 5 nitrogen and oxygen atoms in total. The van der Waals surface area contributed by atoms with Gasteiger partial charge in [0.15, 0.2) is 5.82 Å². The summed E-state index contributed by atoms with van der Waals surface area (Å²) in [6, 6.07) is 5.31. The largest absolute Gasteiger partial charge is 0.496 e. The Morgan fingerprint density at radius 2 is 2.18 bits per heavy atom. The normalized spacial score (nSPS) is 10.1. The topological polar surface area (TPSA) is 59.9 Å². The van der Waals surface area contributed by atoms with Gasteiger partial charge in [0.05, 0.1) is 7.11 Å². The van der Waals surface area contributed by atoms with Gasteiger partial charge in [-0.05, 0) is 18.2 Å². The predicted octanol–water partition coefficient (Wildman–Crippen LogP) is 2.24. The van der Waals surface area contributed by atoms with Gasteiger partial charge >= 0.3 is 0 Å². The van der Waals surface area contributed by atoms with Crippen LogP contribution in [0.5, 0.6) is 5.75 Å². The van der Waals surface area contributed by atoms with Gasteiger partial charge < -0.3 is 10.1 Å². The van der Waals surface area contributed by atoms with Crippen molar-refractivity contribution in [2.24, 2.45) is 0 Å². The van der Waals surface area contributed by atoms with E-state index in [1.807, 2.05) is 0 Å². The summed E-state index contributed by atoms with van der Waals surface area (Å²) in [6.07, 6.45) is 1.38. The fourth-order valence-electron chi connectivity index (χ4n) is 1.51. The molecule has 0 aliphatic rings. The van der Waals surface area contributed by atoms with Gasteiger partial charge in [-0.15, -0.1) is 10.2 Å². The second kappa shape index (κ2) is 4.97. The van der Waals surface area contributed by atoms with E-state index in [0.717, 1.165) is 5.56 Å². The van der Waals surface area contributed by atoms with Crippen LogP contribution in [0, 0.1) is 0 Å². The lowest BCUT2D eigenvalue weighted by atomic mass is 10.1. The summed E-state index contributed by atoms with van der Waals surface area (Å²) in [5.41, 5.74) is 1.36. The maximum atomic E-state index is 5.97. The summed E-state index contributed by atoms with van der Waals surface area (Å²) < 4.78 is 5.27. The lowest BCUT2D eigenvalue weighted by molar-refractivity contribution is 0.416. The first kappa shape index (κ1) is 11.6. The third kappa shape index (κ3) is 2.29. The van der Waals surface area contributed by atoms with Gasteiger partial charge in [0.25, 0.3) is 0 Å². The minimum Gasteiger partial charge on any atom is -0.496 e. The van der Waals surface area contributed by atoms with Gasteiger partial charge in [-0.3, -0.25) is 0 Å². The Hall–Kier alpha value is -1.88. The highest BCUT2D eigenvalue weighted by atomic mass is 35.5. The minimum absolute atomic E-state index is 0.605. The van der Waals surface area contributed by atoms with E-state index in [1.165, 1.54) is 6.33 Å². The second-order valence-corrected chi connectivity index (χ2v) is 3.69. The Bertz CT molecular complexity index is 533. The minimum atomic E-state index is 0.605. The fourth-order valence-corrected chi connectivity index (χ4v) is 1.68. The van der Waals surface area contributed by atoms with E-state index < -0.39 is 0 Å². The summed E-state index contributed by atoms with van der Waals surface area (Å²) in [7, 11) is 3.36. The summed E-state index contributed by atoms with van der Waals surface area (Å²) in [6.45, 7) is 0. The van der Waals surface area contributed by atoms with Crippen molar-refractivity contribution in [2.45, 2.75) is 0 Å².